The van der Waals surface area contributed by atoms with E-state index < -0.39 is 0 Å². The summed E-state index contributed by atoms with van der Waals surface area (Å²) in [6.45, 7) is 3.63. The molecule has 0 unspecified atom stereocenters. The Morgan fingerprint density at radius 1 is 1.64 bits per heavy atom. The summed E-state index contributed by atoms with van der Waals surface area (Å²) in [4.78, 5) is 11.1. The fourth-order valence-electron chi connectivity index (χ4n) is 0.973. The molecule has 0 aliphatic heterocycles. The predicted octanol–water partition coefficient (Wildman–Crippen LogP) is 1.38. The molecular formula is C10H14N2O2. The number of esters is 1. The molecule has 0 aliphatic carbocycles. The van der Waals surface area contributed by atoms with Gasteiger partial charge in [0.2, 0.25) is 0 Å². The van der Waals surface area contributed by atoms with E-state index in [4.69, 9.17) is 4.74 Å². The average molecular weight is 194 g/mol. The number of aryl methyl sites for hydroxylation is 1. The Morgan fingerprint density at radius 3 is 2.86 bits per heavy atom. The first-order valence-electron chi connectivity index (χ1n) is 4.46. The summed E-state index contributed by atoms with van der Waals surface area (Å²) in [6.07, 6.45) is 4.67. The lowest BCUT2D eigenvalue weighted by Gasteiger charge is -2.03. The second-order valence-electron chi connectivity index (χ2n) is 3.20. The molecule has 1 rings (SSSR count). The van der Waals surface area contributed by atoms with Crippen LogP contribution in [-0.2, 0) is 16.6 Å². The minimum atomic E-state index is -0.332. The standard InChI is InChI=1S/C10H14N2O2/c1-8(2)14-10(13)5-4-9-6-7-11-12(9)3/h4-8H,1-3H3. The normalized spacial score (nSPS) is 11.1. The number of hydrogen-bond acceptors (Lipinski definition) is 3. The van der Waals surface area contributed by atoms with E-state index in [0.29, 0.717) is 0 Å². The minimum absolute atomic E-state index is 0.0845. The van der Waals surface area contributed by atoms with Crippen LogP contribution in [0.25, 0.3) is 6.08 Å². The van der Waals surface area contributed by atoms with E-state index >= 15 is 0 Å². The fourth-order valence-corrected chi connectivity index (χ4v) is 0.973. The number of nitrogens with zero attached hydrogens (tertiary/aromatic N) is 2. The van der Waals surface area contributed by atoms with Crippen LogP contribution >= 0.6 is 0 Å². The first-order valence-corrected chi connectivity index (χ1v) is 4.46. The summed E-state index contributed by atoms with van der Waals surface area (Å²) < 4.78 is 6.61. The highest BCUT2D eigenvalue weighted by Gasteiger charge is 2.00. The van der Waals surface area contributed by atoms with Crippen molar-refractivity contribution in [3.05, 3.63) is 24.0 Å². The van der Waals surface area contributed by atoms with Gasteiger partial charge in [0.05, 0.1) is 11.8 Å². The van der Waals surface area contributed by atoms with Crippen LogP contribution in [0.3, 0.4) is 0 Å². The predicted molar refractivity (Wildman–Crippen MR) is 53.5 cm³/mol. The molecule has 76 valence electrons. The van der Waals surface area contributed by atoms with Gasteiger partial charge >= 0.3 is 5.97 Å². The first kappa shape index (κ1) is 10.5. The molecule has 0 amide bonds. The Kier molecular flexibility index (Phi) is 3.45. The van der Waals surface area contributed by atoms with E-state index in [1.807, 2.05) is 27.0 Å². The third-order valence-electron chi connectivity index (χ3n) is 1.60. The SMILES string of the molecule is CC(C)OC(=O)C=Cc1ccnn1C. The van der Waals surface area contributed by atoms with Crippen molar-refractivity contribution in [1.29, 1.82) is 0 Å². The van der Waals surface area contributed by atoms with Crippen LogP contribution in [0.15, 0.2) is 18.3 Å². The fraction of sp³-hybridized carbons (Fsp3) is 0.400. The second kappa shape index (κ2) is 4.60. The van der Waals surface area contributed by atoms with Crippen molar-refractivity contribution in [2.75, 3.05) is 0 Å². The average Bonchev–Trinajstić information content (AvgIpc) is 2.46. The van der Waals surface area contributed by atoms with Crippen LogP contribution in [0, 0.1) is 0 Å². The number of carbonyl (C=O) groups is 1. The Bertz CT molecular complexity index is 340. The molecule has 0 spiro atoms. The molecule has 0 aliphatic rings. The summed E-state index contributed by atoms with van der Waals surface area (Å²) >= 11 is 0. The van der Waals surface area contributed by atoms with Gasteiger partial charge < -0.3 is 4.74 Å². The number of hydrogen-bond donors (Lipinski definition) is 0. The maximum atomic E-state index is 11.1. The van der Waals surface area contributed by atoms with Crippen LogP contribution in [0.2, 0.25) is 0 Å². The summed E-state index contributed by atoms with van der Waals surface area (Å²) in [5.41, 5.74) is 0.866. The van der Waals surface area contributed by atoms with E-state index in [1.54, 1.807) is 17.0 Å². The third-order valence-corrected chi connectivity index (χ3v) is 1.60. The Labute approximate surface area is 83.2 Å². The van der Waals surface area contributed by atoms with Gasteiger partial charge in [-0.2, -0.15) is 5.10 Å². The van der Waals surface area contributed by atoms with E-state index in [9.17, 15) is 4.79 Å². The van der Waals surface area contributed by atoms with Crippen molar-refractivity contribution in [3.8, 4) is 0 Å². The quantitative estimate of drug-likeness (QED) is 0.539. The molecule has 0 aromatic carbocycles. The third kappa shape index (κ3) is 3.05. The topological polar surface area (TPSA) is 44.1 Å². The van der Waals surface area contributed by atoms with Gasteiger partial charge in [0, 0.05) is 19.3 Å². The van der Waals surface area contributed by atoms with Crippen LogP contribution in [-0.4, -0.2) is 21.9 Å². The monoisotopic (exact) mass is 194 g/mol. The molecular weight excluding hydrogens is 180 g/mol. The molecule has 0 N–H and O–H groups in total. The van der Waals surface area contributed by atoms with Crippen molar-refractivity contribution >= 4 is 12.0 Å². The van der Waals surface area contributed by atoms with E-state index in [0.717, 1.165) is 5.69 Å². The van der Waals surface area contributed by atoms with Crippen LogP contribution in [0.1, 0.15) is 19.5 Å². The van der Waals surface area contributed by atoms with Crippen LogP contribution in [0.5, 0.6) is 0 Å². The summed E-state index contributed by atoms with van der Waals surface area (Å²) in [5, 5.41) is 3.97. The molecule has 0 fully saturated rings. The van der Waals surface area contributed by atoms with E-state index in [1.165, 1.54) is 6.08 Å². The molecule has 0 radical (unpaired) electrons. The molecule has 1 aromatic heterocycles. The largest absolute Gasteiger partial charge is 0.460 e. The van der Waals surface area contributed by atoms with E-state index in [2.05, 4.69) is 5.10 Å². The van der Waals surface area contributed by atoms with Gasteiger partial charge in [-0.15, -0.1) is 0 Å². The van der Waals surface area contributed by atoms with Gasteiger partial charge in [0.15, 0.2) is 0 Å². The number of aromatic nitrogens is 2. The highest BCUT2D eigenvalue weighted by atomic mass is 16.5. The molecule has 0 atom stereocenters. The molecule has 1 aromatic rings. The number of carbonyl (C=O) groups excluding carboxylic acids is 1. The molecule has 0 saturated carbocycles. The minimum Gasteiger partial charge on any atom is -0.460 e. The van der Waals surface area contributed by atoms with Gasteiger partial charge in [-0.05, 0) is 26.0 Å². The van der Waals surface area contributed by atoms with Gasteiger partial charge in [-0.25, -0.2) is 4.79 Å². The summed E-state index contributed by atoms with van der Waals surface area (Å²) in [5.74, 6) is -0.332. The molecule has 14 heavy (non-hydrogen) atoms. The number of rotatable bonds is 3. The van der Waals surface area contributed by atoms with Gasteiger partial charge in [0.1, 0.15) is 0 Å². The smallest absolute Gasteiger partial charge is 0.331 e. The molecule has 0 bridgehead atoms. The first-order chi connectivity index (χ1) is 6.59. The van der Waals surface area contributed by atoms with Crippen molar-refractivity contribution in [2.24, 2.45) is 7.05 Å². The van der Waals surface area contributed by atoms with Crippen molar-refractivity contribution in [2.45, 2.75) is 20.0 Å². The second-order valence-corrected chi connectivity index (χ2v) is 3.20. The molecule has 4 heteroatoms. The Morgan fingerprint density at radius 2 is 2.36 bits per heavy atom. The summed E-state index contributed by atoms with van der Waals surface area (Å²) in [7, 11) is 1.81. The van der Waals surface area contributed by atoms with Gasteiger partial charge in [-0.1, -0.05) is 0 Å². The maximum Gasteiger partial charge on any atom is 0.331 e. The Balaban J connectivity index is 2.56. The van der Waals surface area contributed by atoms with Crippen molar-refractivity contribution < 1.29 is 9.53 Å². The van der Waals surface area contributed by atoms with Gasteiger partial charge in [-0.3, -0.25) is 4.68 Å². The molecule has 0 saturated heterocycles. The highest BCUT2D eigenvalue weighted by molar-refractivity contribution is 5.86. The zero-order valence-corrected chi connectivity index (χ0v) is 8.60. The lowest BCUT2D eigenvalue weighted by atomic mass is 10.4. The van der Waals surface area contributed by atoms with Gasteiger partial charge in [0.25, 0.3) is 0 Å². The van der Waals surface area contributed by atoms with Crippen LogP contribution < -0.4 is 0 Å². The van der Waals surface area contributed by atoms with Crippen LogP contribution in [0.4, 0.5) is 0 Å². The van der Waals surface area contributed by atoms with E-state index in [-0.39, 0.29) is 12.1 Å². The molecule has 4 nitrogen and oxygen atoms in total. The lowest BCUT2D eigenvalue weighted by molar-refractivity contribution is -0.141. The van der Waals surface area contributed by atoms with Crippen molar-refractivity contribution in [1.82, 2.24) is 9.78 Å². The highest BCUT2D eigenvalue weighted by Crippen LogP contribution is 2.00. The van der Waals surface area contributed by atoms with Crippen molar-refractivity contribution in [3.63, 3.8) is 0 Å². The zero-order valence-electron chi connectivity index (χ0n) is 8.60. The number of ether oxygens (including phenoxy) is 1. The Hall–Kier alpha value is -1.58. The lowest BCUT2D eigenvalue weighted by Crippen LogP contribution is -2.08. The summed E-state index contributed by atoms with van der Waals surface area (Å²) in [6, 6.07) is 1.82. The zero-order chi connectivity index (χ0) is 10.6. The molecule has 1 heterocycles. The maximum absolute atomic E-state index is 11.1.